The van der Waals surface area contributed by atoms with Crippen LogP contribution < -0.4 is 37.3 Å². The van der Waals surface area contributed by atoms with Crippen molar-refractivity contribution in [1.82, 2.24) is 29.9 Å². The summed E-state index contributed by atoms with van der Waals surface area (Å²) < 4.78 is 67.9. The molecule has 0 aromatic carbocycles. The van der Waals surface area contributed by atoms with E-state index >= 15 is 0 Å². The van der Waals surface area contributed by atoms with Crippen molar-refractivity contribution in [2.24, 2.45) is 0 Å². The molecule has 0 bridgehead atoms. The maximum atomic E-state index is 8.49. The first-order chi connectivity index (χ1) is 21.9. The van der Waals surface area contributed by atoms with Gasteiger partial charge in [-0.1, -0.05) is 36.4 Å². The molecule has 0 aliphatic rings. The third-order valence-corrected chi connectivity index (χ3v) is 4.78. The summed E-state index contributed by atoms with van der Waals surface area (Å²) in [6.45, 7) is 0. The summed E-state index contributed by atoms with van der Waals surface area (Å²) in [6.07, 6.45) is 10.6. The minimum atomic E-state index is -4.94. The summed E-state index contributed by atoms with van der Waals surface area (Å²) >= 11 is 0. The minimum absolute atomic E-state index is 0. The quantitative estimate of drug-likeness (QED) is 0.164. The first-order valence-electron chi connectivity index (χ1n) is 12.6. The fourth-order valence-electron chi connectivity index (χ4n) is 3.09. The van der Waals surface area contributed by atoms with E-state index in [1.54, 1.807) is 37.2 Å². The number of hydrogen-bond acceptors (Lipinski definition) is 14. The largest absolute Gasteiger partial charge is 2.00 e. The van der Waals surface area contributed by atoms with E-state index in [1.807, 2.05) is 109 Å². The molecule has 0 N–H and O–H groups in total. The van der Waals surface area contributed by atoms with Gasteiger partial charge >= 0.3 is 16.5 Å². The molecule has 47 heavy (non-hydrogen) atoms. The molecule has 17 heteroatoms. The zero-order valence-electron chi connectivity index (χ0n) is 23.9. The molecule has 6 aromatic heterocycles. The van der Waals surface area contributed by atoms with Crippen molar-refractivity contribution in [3.05, 3.63) is 146 Å². The molecule has 6 rings (SSSR count). The van der Waals surface area contributed by atoms with E-state index in [-0.39, 0.29) is 16.5 Å². The van der Waals surface area contributed by atoms with Gasteiger partial charge in [-0.2, -0.15) is 0 Å². The number of nitrogens with zero attached hydrogens (tertiary/aromatic N) is 6. The SMILES string of the molecule is [Ni+2].[O-][Cl+3]([O-])([O-])[O-].[O-][Cl+3]([O-])([O-])[O-].c1ccc(-c2ccccn2)nc1.c1ccc(-c2ccccn2)nc1.c1ccc(-c2ccccn2)nc1. The fourth-order valence-corrected chi connectivity index (χ4v) is 3.09. The molecule has 0 spiro atoms. The zero-order valence-corrected chi connectivity index (χ0v) is 26.4. The summed E-state index contributed by atoms with van der Waals surface area (Å²) in [7, 11) is -9.89. The maximum absolute atomic E-state index is 8.49. The van der Waals surface area contributed by atoms with Crippen LogP contribution in [-0.4, -0.2) is 29.9 Å². The van der Waals surface area contributed by atoms with E-state index in [4.69, 9.17) is 37.3 Å². The molecular weight excluding hydrogens is 702 g/mol. The van der Waals surface area contributed by atoms with Gasteiger partial charge in [-0.3, -0.25) is 29.9 Å². The number of halogens is 2. The van der Waals surface area contributed by atoms with Crippen LogP contribution in [0.15, 0.2) is 146 Å². The number of aromatic nitrogens is 6. The Balaban J connectivity index is 0.000000307. The van der Waals surface area contributed by atoms with Crippen LogP contribution in [0, 0.1) is 20.5 Å². The van der Waals surface area contributed by atoms with Crippen molar-refractivity contribution in [3.8, 4) is 34.2 Å². The van der Waals surface area contributed by atoms with Gasteiger partial charge in [0.2, 0.25) is 0 Å². The zero-order chi connectivity index (χ0) is 33.7. The second kappa shape index (κ2) is 22.2. The molecule has 0 atom stereocenters. The topological polar surface area (TPSA) is 262 Å². The summed E-state index contributed by atoms with van der Waals surface area (Å²) in [5, 5.41) is 0. The third-order valence-electron chi connectivity index (χ3n) is 4.78. The van der Waals surface area contributed by atoms with Crippen LogP contribution in [0.5, 0.6) is 0 Å². The van der Waals surface area contributed by atoms with Gasteiger partial charge in [0.15, 0.2) is 0 Å². The molecule has 246 valence electrons. The van der Waals surface area contributed by atoms with Gasteiger partial charge in [0.25, 0.3) is 0 Å². The van der Waals surface area contributed by atoms with Crippen LogP contribution in [0.2, 0.25) is 0 Å². The van der Waals surface area contributed by atoms with Crippen molar-refractivity contribution in [2.45, 2.75) is 0 Å². The Bertz CT molecular complexity index is 1300. The maximum Gasteiger partial charge on any atom is 2.00 e. The molecule has 6 heterocycles. The van der Waals surface area contributed by atoms with Crippen molar-refractivity contribution in [2.75, 3.05) is 0 Å². The van der Waals surface area contributed by atoms with Crippen LogP contribution >= 0.6 is 0 Å². The van der Waals surface area contributed by atoms with E-state index in [0.717, 1.165) is 34.2 Å². The van der Waals surface area contributed by atoms with Crippen molar-refractivity contribution < 1.29 is 74.2 Å². The second-order valence-electron chi connectivity index (χ2n) is 8.05. The Morgan fingerprint density at radius 2 is 0.404 bits per heavy atom. The monoisotopic (exact) mass is 724 g/mol. The van der Waals surface area contributed by atoms with Gasteiger partial charge in [0.05, 0.1) is 34.2 Å². The summed E-state index contributed by atoms with van der Waals surface area (Å²) in [6, 6.07) is 34.8. The number of hydrogen-bond donors (Lipinski definition) is 0. The molecule has 0 aliphatic heterocycles. The van der Waals surface area contributed by atoms with Crippen LogP contribution in [0.3, 0.4) is 0 Å². The summed E-state index contributed by atoms with van der Waals surface area (Å²) in [5.41, 5.74) is 5.49. The molecule has 14 nitrogen and oxygen atoms in total. The Morgan fingerprint density at radius 1 is 0.277 bits per heavy atom. The van der Waals surface area contributed by atoms with Gasteiger partial charge in [-0.05, 0) is 72.8 Å². The van der Waals surface area contributed by atoms with Crippen LogP contribution in [0.1, 0.15) is 0 Å². The van der Waals surface area contributed by atoms with Gasteiger partial charge in [-0.25, -0.2) is 37.3 Å². The molecule has 0 fully saturated rings. The Kier molecular flexibility index (Phi) is 19.2. The summed E-state index contributed by atoms with van der Waals surface area (Å²) in [4.78, 5) is 25.1. The van der Waals surface area contributed by atoms with E-state index < -0.39 is 20.5 Å². The molecule has 0 amide bonds. The van der Waals surface area contributed by atoms with E-state index in [1.165, 1.54) is 0 Å². The predicted octanol–water partition coefficient (Wildman–Crippen LogP) is -3.08. The third kappa shape index (κ3) is 21.1. The molecule has 0 radical (unpaired) electrons. The van der Waals surface area contributed by atoms with E-state index in [9.17, 15) is 0 Å². The molecule has 0 saturated heterocycles. The Hall–Kier alpha value is -4.35. The van der Waals surface area contributed by atoms with Crippen LogP contribution in [0.4, 0.5) is 0 Å². The smallest absolute Gasteiger partial charge is 0.255 e. The number of rotatable bonds is 3. The molecule has 0 aliphatic carbocycles. The summed E-state index contributed by atoms with van der Waals surface area (Å²) in [5.74, 6) is 0. The molecule has 0 unspecified atom stereocenters. The van der Waals surface area contributed by atoms with Gasteiger partial charge in [0, 0.05) is 37.2 Å². The second-order valence-corrected chi connectivity index (χ2v) is 9.56. The Labute approximate surface area is 283 Å². The predicted molar refractivity (Wildman–Crippen MR) is 142 cm³/mol. The van der Waals surface area contributed by atoms with Crippen LogP contribution in [0.25, 0.3) is 34.2 Å². The van der Waals surface area contributed by atoms with Crippen molar-refractivity contribution >= 4 is 0 Å². The van der Waals surface area contributed by atoms with Crippen molar-refractivity contribution in [1.29, 1.82) is 0 Å². The van der Waals surface area contributed by atoms with E-state index in [2.05, 4.69) is 29.9 Å². The average Bonchev–Trinajstić information content (AvgIpc) is 3.06. The van der Waals surface area contributed by atoms with Gasteiger partial charge in [0.1, 0.15) is 0 Å². The normalized spacial score (nSPS) is 9.96. The molecule has 6 aromatic rings. The van der Waals surface area contributed by atoms with Gasteiger partial charge < -0.3 is 0 Å². The standard InChI is InChI=1S/3C10H8N2.2ClHO4.Ni/c3*1-3-7-11-9(5-1)10-6-2-4-8-12-10;2*2-1(3,4)5;/h3*1-8H;2*(H,2,3,4,5);/q;;;;;+2/p-2. The minimum Gasteiger partial charge on any atom is -0.255 e. The fraction of sp³-hybridized carbons (Fsp3) is 0. The molecular formula is C30H24Cl2N6NiO8. The first-order valence-corrected chi connectivity index (χ1v) is 15.1. The van der Waals surface area contributed by atoms with E-state index in [0.29, 0.717) is 0 Å². The van der Waals surface area contributed by atoms with Crippen molar-refractivity contribution in [3.63, 3.8) is 0 Å². The average molecular weight is 726 g/mol. The van der Waals surface area contributed by atoms with Crippen LogP contribution in [-0.2, 0) is 16.5 Å². The number of pyridine rings is 6. The Morgan fingerprint density at radius 3 is 0.489 bits per heavy atom. The van der Waals surface area contributed by atoms with Gasteiger partial charge in [-0.15, -0.1) is 20.5 Å². The first kappa shape index (κ1) is 40.7. The molecule has 0 saturated carbocycles.